The molecule has 0 radical (unpaired) electrons. The standard InChI is InChI=1S/C27H28N2O4S/c1-15-25(34-16(2)28-15)23(30)21-22(17-8-7-9-20(14-17)33-6)29(26(32)24(21)31)19-12-10-18(11-13-19)27(3,4)5/h7-14,22,31H,1-6H3. The Kier molecular flexibility index (Phi) is 6.08. The monoisotopic (exact) mass is 476 g/mol. The molecular weight excluding hydrogens is 448 g/mol. The Labute approximate surface area is 203 Å². The van der Waals surface area contributed by atoms with E-state index in [1.807, 2.05) is 37.3 Å². The van der Waals surface area contributed by atoms with Crippen LogP contribution in [0.15, 0.2) is 59.9 Å². The van der Waals surface area contributed by atoms with Crippen LogP contribution in [0, 0.1) is 13.8 Å². The molecule has 0 spiro atoms. The Bertz CT molecular complexity index is 1300. The van der Waals surface area contributed by atoms with Crippen molar-refractivity contribution in [3.63, 3.8) is 0 Å². The Hall–Kier alpha value is -3.45. The Balaban J connectivity index is 1.87. The van der Waals surface area contributed by atoms with Crippen molar-refractivity contribution in [2.75, 3.05) is 12.0 Å². The molecule has 176 valence electrons. The van der Waals surface area contributed by atoms with Gasteiger partial charge in [0.2, 0.25) is 5.78 Å². The van der Waals surface area contributed by atoms with Crippen molar-refractivity contribution in [1.82, 2.24) is 4.98 Å². The maximum atomic E-state index is 13.7. The highest BCUT2D eigenvalue weighted by molar-refractivity contribution is 7.14. The van der Waals surface area contributed by atoms with Crippen LogP contribution >= 0.6 is 11.3 Å². The number of hydrogen-bond acceptors (Lipinski definition) is 6. The zero-order chi connectivity index (χ0) is 24.8. The first-order valence-electron chi connectivity index (χ1n) is 11.0. The van der Waals surface area contributed by atoms with Gasteiger partial charge in [0.15, 0.2) is 5.76 Å². The molecule has 3 aromatic rings. The maximum absolute atomic E-state index is 13.7. The second kappa shape index (κ2) is 8.72. The molecule has 7 heteroatoms. The fourth-order valence-electron chi connectivity index (χ4n) is 4.22. The van der Waals surface area contributed by atoms with E-state index < -0.39 is 23.5 Å². The number of methoxy groups -OCH3 is 1. The molecular formula is C27H28N2O4S. The van der Waals surface area contributed by atoms with Gasteiger partial charge in [0.25, 0.3) is 5.91 Å². The minimum absolute atomic E-state index is 0.0462. The third-order valence-corrected chi connectivity index (χ3v) is 7.06. The highest BCUT2D eigenvalue weighted by atomic mass is 32.1. The third kappa shape index (κ3) is 4.12. The first kappa shape index (κ1) is 23.7. The number of benzene rings is 2. The smallest absolute Gasteiger partial charge is 0.294 e. The number of aliphatic hydroxyl groups excluding tert-OH is 1. The second-order valence-corrected chi connectivity index (χ2v) is 10.6. The average molecular weight is 477 g/mol. The highest BCUT2D eigenvalue weighted by Gasteiger charge is 2.45. The molecule has 0 fully saturated rings. The van der Waals surface area contributed by atoms with E-state index in [0.29, 0.717) is 27.6 Å². The number of nitrogens with zero attached hydrogens (tertiary/aromatic N) is 2. The molecule has 6 nitrogen and oxygen atoms in total. The summed E-state index contributed by atoms with van der Waals surface area (Å²) in [5.74, 6) is -0.951. The van der Waals surface area contributed by atoms with Crippen molar-refractivity contribution in [3.8, 4) is 5.75 Å². The largest absolute Gasteiger partial charge is 0.503 e. The zero-order valence-corrected chi connectivity index (χ0v) is 21.0. The molecule has 1 aliphatic rings. The van der Waals surface area contributed by atoms with Gasteiger partial charge >= 0.3 is 0 Å². The van der Waals surface area contributed by atoms with Crippen LogP contribution in [0.3, 0.4) is 0 Å². The number of Topliss-reactive ketones (excluding diaryl/α,β-unsaturated/α-hetero) is 1. The molecule has 4 rings (SSSR count). The molecule has 1 amide bonds. The molecule has 1 N–H and O–H groups in total. The molecule has 1 unspecified atom stereocenters. The molecule has 34 heavy (non-hydrogen) atoms. The van der Waals surface area contributed by atoms with Gasteiger partial charge in [0.1, 0.15) is 5.75 Å². The number of ketones is 1. The summed E-state index contributed by atoms with van der Waals surface area (Å²) in [6, 6.07) is 14.1. The van der Waals surface area contributed by atoms with Gasteiger partial charge < -0.3 is 9.84 Å². The summed E-state index contributed by atoms with van der Waals surface area (Å²) in [5.41, 5.74) is 2.95. The summed E-state index contributed by atoms with van der Waals surface area (Å²) < 4.78 is 5.39. The van der Waals surface area contributed by atoms with Gasteiger partial charge in [-0.2, -0.15) is 0 Å². The minimum Gasteiger partial charge on any atom is -0.503 e. The van der Waals surface area contributed by atoms with E-state index in [1.165, 1.54) is 16.2 Å². The summed E-state index contributed by atoms with van der Waals surface area (Å²) in [6.07, 6.45) is 0. The van der Waals surface area contributed by atoms with E-state index >= 15 is 0 Å². The number of anilines is 1. The maximum Gasteiger partial charge on any atom is 0.294 e. The number of rotatable bonds is 5. The Morgan fingerprint density at radius 3 is 2.35 bits per heavy atom. The summed E-state index contributed by atoms with van der Waals surface area (Å²) in [5, 5.41) is 11.7. The minimum atomic E-state index is -0.808. The van der Waals surface area contributed by atoms with E-state index in [-0.39, 0.29) is 11.0 Å². The van der Waals surface area contributed by atoms with Crippen LogP contribution in [0.25, 0.3) is 0 Å². The normalized spacial score (nSPS) is 16.4. The topological polar surface area (TPSA) is 79.7 Å². The fourth-order valence-corrected chi connectivity index (χ4v) is 5.09. The highest BCUT2D eigenvalue weighted by Crippen LogP contribution is 2.43. The first-order chi connectivity index (χ1) is 16.0. The van der Waals surface area contributed by atoms with Crippen molar-refractivity contribution in [1.29, 1.82) is 0 Å². The summed E-state index contributed by atoms with van der Waals surface area (Å²) in [6.45, 7) is 9.93. The molecule has 2 heterocycles. The number of ether oxygens (including phenoxy) is 1. The Morgan fingerprint density at radius 2 is 1.79 bits per heavy atom. The average Bonchev–Trinajstić information content (AvgIpc) is 3.28. The lowest BCUT2D eigenvalue weighted by molar-refractivity contribution is -0.117. The van der Waals surface area contributed by atoms with Gasteiger partial charge in [-0.25, -0.2) is 4.98 Å². The van der Waals surface area contributed by atoms with Crippen molar-refractivity contribution in [2.24, 2.45) is 0 Å². The summed E-state index contributed by atoms with van der Waals surface area (Å²) in [7, 11) is 1.56. The van der Waals surface area contributed by atoms with E-state index in [1.54, 1.807) is 32.2 Å². The molecule has 1 aromatic heterocycles. The molecule has 0 saturated carbocycles. The summed E-state index contributed by atoms with van der Waals surface area (Å²) >= 11 is 1.26. The van der Waals surface area contributed by atoms with Gasteiger partial charge in [-0.1, -0.05) is 45.0 Å². The van der Waals surface area contributed by atoms with Gasteiger partial charge in [-0.3, -0.25) is 14.5 Å². The SMILES string of the molecule is COc1cccc(C2C(C(=O)c3sc(C)nc3C)=C(O)C(=O)N2c2ccc(C(C)(C)C)cc2)c1. The van der Waals surface area contributed by atoms with E-state index in [2.05, 4.69) is 25.8 Å². The predicted octanol–water partition coefficient (Wildman–Crippen LogP) is 5.85. The van der Waals surface area contributed by atoms with Crippen LogP contribution in [0.1, 0.15) is 58.3 Å². The quantitative estimate of drug-likeness (QED) is 0.467. The number of hydrogen-bond donors (Lipinski definition) is 1. The van der Waals surface area contributed by atoms with Crippen molar-refractivity contribution in [2.45, 2.75) is 46.1 Å². The van der Waals surface area contributed by atoms with Crippen LogP contribution in [-0.4, -0.2) is 28.9 Å². The number of amides is 1. The number of thiazole rings is 1. The number of aliphatic hydroxyl groups is 1. The van der Waals surface area contributed by atoms with Gasteiger partial charge in [-0.15, -0.1) is 11.3 Å². The molecule has 0 bridgehead atoms. The van der Waals surface area contributed by atoms with Crippen molar-refractivity contribution in [3.05, 3.63) is 86.6 Å². The van der Waals surface area contributed by atoms with E-state index in [0.717, 1.165) is 10.6 Å². The molecule has 0 aliphatic carbocycles. The van der Waals surface area contributed by atoms with Crippen LogP contribution in [0.2, 0.25) is 0 Å². The number of aryl methyl sites for hydroxylation is 2. The Morgan fingerprint density at radius 1 is 1.12 bits per heavy atom. The predicted molar refractivity (Wildman–Crippen MR) is 134 cm³/mol. The van der Waals surface area contributed by atoms with Crippen LogP contribution in [-0.2, 0) is 10.2 Å². The zero-order valence-electron chi connectivity index (χ0n) is 20.2. The lowest BCUT2D eigenvalue weighted by Gasteiger charge is -2.28. The van der Waals surface area contributed by atoms with Crippen LogP contribution in [0.4, 0.5) is 5.69 Å². The fraction of sp³-hybridized carbons (Fsp3) is 0.296. The van der Waals surface area contributed by atoms with E-state index in [9.17, 15) is 14.7 Å². The third-order valence-electron chi connectivity index (χ3n) is 5.98. The van der Waals surface area contributed by atoms with Gasteiger partial charge in [0, 0.05) is 5.69 Å². The number of aromatic nitrogens is 1. The van der Waals surface area contributed by atoms with E-state index in [4.69, 9.17) is 4.74 Å². The lowest BCUT2D eigenvalue weighted by Crippen LogP contribution is -2.31. The van der Waals surface area contributed by atoms with Crippen LogP contribution in [0.5, 0.6) is 5.75 Å². The molecule has 1 atom stereocenters. The van der Waals surface area contributed by atoms with Crippen molar-refractivity contribution < 1.29 is 19.4 Å². The molecule has 0 saturated heterocycles. The van der Waals surface area contributed by atoms with Crippen molar-refractivity contribution >= 4 is 28.7 Å². The molecule has 1 aliphatic heterocycles. The number of carbonyl (C=O) groups is 2. The lowest BCUT2D eigenvalue weighted by atomic mass is 9.87. The van der Waals surface area contributed by atoms with Gasteiger partial charge in [0.05, 0.1) is 34.3 Å². The van der Waals surface area contributed by atoms with Crippen LogP contribution < -0.4 is 9.64 Å². The van der Waals surface area contributed by atoms with Gasteiger partial charge in [-0.05, 0) is 54.7 Å². The second-order valence-electron chi connectivity index (χ2n) is 9.39. The first-order valence-corrected chi connectivity index (χ1v) is 11.8. The molecule has 2 aromatic carbocycles. The summed E-state index contributed by atoms with van der Waals surface area (Å²) in [4.78, 5) is 33.3. The number of carbonyl (C=O) groups excluding carboxylic acids is 2.